The quantitative estimate of drug-likeness (QED) is 0.837. The lowest BCUT2D eigenvalue weighted by Crippen LogP contribution is -2.51. The summed E-state index contributed by atoms with van der Waals surface area (Å²) in [6, 6.07) is 0.976. The third-order valence-corrected chi connectivity index (χ3v) is 5.02. The number of nitrogens with two attached hydrogens (primary N) is 1. The first-order valence-corrected chi connectivity index (χ1v) is 9.14. The molecule has 23 heavy (non-hydrogen) atoms. The van der Waals surface area contributed by atoms with Gasteiger partial charge in [-0.3, -0.25) is 0 Å². The maximum absolute atomic E-state index is 12.3. The number of piperidine rings is 1. The molecule has 5 heteroatoms. The predicted molar refractivity (Wildman–Crippen MR) is 93.4 cm³/mol. The fourth-order valence-electron chi connectivity index (χ4n) is 3.66. The molecule has 0 aromatic heterocycles. The topological polar surface area (TPSA) is 67.6 Å². The van der Waals surface area contributed by atoms with E-state index in [2.05, 4.69) is 12.2 Å². The molecule has 3 N–H and O–H groups in total. The zero-order valence-corrected chi connectivity index (χ0v) is 15.4. The van der Waals surface area contributed by atoms with E-state index in [9.17, 15) is 4.79 Å². The fraction of sp³-hybridized carbons (Fsp3) is 0.944. The standard InChI is InChI=1S/C18H35N3O2/c1-17(2,3)23-16(22)21-11-5-10-18(4,13-21)12-20-15-8-6-14(19)7-9-15/h14-15,20H,5-13,19H2,1-4H3. The van der Waals surface area contributed by atoms with Crippen LogP contribution in [-0.4, -0.2) is 48.3 Å². The Morgan fingerprint density at radius 1 is 1.30 bits per heavy atom. The van der Waals surface area contributed by atoms with Crippen molar-refractivity contribution in [1.29, 1.82) is 0 Å². The van der Waals surface area contributed by atoms with Crippen molar-refractivity contribution in [3.8, 4) is 0 Å². The van der Waals surface area contributed by atoms with Crippen LogP contribution in [0.2, 0.25) is 0 Å². The minimum absolute atomic E-state index is 0.134. The average molecular weight is 325 g/mol. The van der Waals surface area contributed by atoms with E-state index in [0.717, 1.165) is 45.3 Å². The van der Waals surface area contributed by atoms with Crippen LogP contribution in [0.5, 0.6) is 0 Å². The first-order valence-electron chi connectivity index (χ1n) is 9.14. The number of nitrogens with one attached hydrogen (secondary N) is 1. The predicted octanol–water partition coefficient (Wildman–Crippen LogP) is 2.88. The molecule has 1 aliphatic carbocycles. The lowest BCUT2D eigenvalue weighted by atomic mass is 9.81. The summed E-state index contributed by atoms with van der Waals surface area (Å²) in [4.78, 5) is 14.2. The lowest BCUT2D eigenvalue weighted by Gasteiger charge is -2.42. The van der Waals surface area contributed by atoms with Gasteiger partial charge in [0.1, 0.15) is 5.60 Å². The van der Waals surface area contributed by atoms with Gasteiger partial charge in [-0.15, -0.1) is 0 Å². The zero-order chi connectivity index (χ0) is 17.1. The van der Waals surface area contributed by atoms with Crippen LogP contribution < -0.4 is 11.1 Å². The summed E-state index contributed by atoms with van der Waals surface area (Å²) < 4.78 is 5.53. The summed E-state index contributed by atoms with van der Waals surface area (Å²) in [6.07, 6.45) is 6.63. The summed E-state index contributed by atoms with van der Waals surface area (Å²) in [6.45, 7) is 10.6. The third-order valence-electron chi connectivity index (χ3n) is 5.02. The zero-order valence-electron chi connectivity index (χ0n) is 15.4. The Morgan fingerprint density at radius 3 is 2.57 bits per heavy atom. The van der Waals surface area contributed by atoms with Crippen molar-refractivity contribution >= 4 is 6.09 Å². The molecule has 1 unspecified atom stereocenters. The number of nitrogens with zero attached hydrogens (tertiary/aromatic N) is 1. The van der Waals surface area contributed by atoms with Crippen LogP contribution in [0.15, 0.2) is 0 Å². The summed E-state index contributed by atoms with van der Waals surface area (Å²) in [7, 11) is 0. The Kier molecular flexibility index (Phi) is 5.95. The third kappa shape index (κ3) is 5.96. The second-order valence-electron chi connectivity index (χ2n) is 8.81. The first kappa shape index (κ1) is 18.5. The molecule has 0 aromatic carbocycles. The molecule has 2 rings (SSSR count). The van der Waals surface area contributed by atoms with E-state index in [4.69, 9.17) is 10.5 Å². The van der Waals surface area contributed by atoms with Crippen molar-refractivity contribution in [3.05, 3.63) is 0 Å². The van der Waals surface area contributed by atoms with Crippen LogP contribution in [0.25, 0.3) is 0 Å². The Balaban J connectivity index is 1.82. The molecule has 5 nitrogen and oxygen atoms in total. The second kappa shape index (κ2) is 7.39. The van der Waals surface area contributed by atoms with E-state index in [0.29, 0.717) is 12.1 Å². The Labute approximate surface area is 141 Å². The maximum atomic E-state index is 12.3. The van der Waals surface area contributed by atoms with E-state index < -0.39 is 5.60 Å². The molecule has 1 saturated carbocycles. The van der Waals surface area contributed by atoms with E-state index in [1.54, 1.807) is 0 Å². The summed E-state index contributed by atoms with van der Waals surface area (Å²) >= 11 is 0. The van der Waals surface area contributed by atoms with Crippen LogP contribution in [0.1, 0.15) is 66.2 Å². The van der Waals surface area contributed by atoms with Gasteiger partial charge in [0, 0.05) is 31.7 Å². The molecular weight excluding hydrogens is 290 g/mol. The molecule has 2 fully saturated rings. The number of rotatable bonds is 3. The number of carbonyl (C=O) groups is 1. The van der Waals surface area contributed by atoms with Crippen molar-refractivity contribution in [3.63, 3.8) is 0 Å². The van der Waals surface area contributed by atoms with Crippen molar-refractivity contribution < 1.29 is 9.53 Å². The van der Waals surface area contributed by atoms with Gasteiger partial charge in [0.15, 0.2) is 0 Å². The van der Waals surface area contributed by atoms with E-state index in [1.807, 2.05) is 25.7 Å². The van der Waals surface area contributed by atoms with Crippen LogP contribution in [0.4, 0.5) is 4.79 Å². The van der Waals surface area contributed by atoms with Gasteiger partial charge in [-0.2, -0.15) is 0 Å². The molecule has 134 valence electrons. The van der Waals surface area contributed by atoms with Gasteiger partial charge in [0.2, 0.25) is 0 Å². The first-order chi connectivity index (χ1) is 10.7. The number of amides is 1. The average Bonchev–Trinajstić information content (AvgIpc) is 2.45. The number of hydrogen-bond donors (Lipinski definition) is 2. The van der Waals surface area contributed by atoms with Crippen LogP contribution >= 0.6 is 0 Å². The Morgan fingerprint density at radius 2 is 1.96 bits per heavy atom. The molecule has 0 radical (unpaired) electrons. The highest BCUT2D eigenvalue weighted by molar-refractivity contribution is 5.68. The lowest BCUT2D eigenvalue weighted by molar-refractivity contribution is 0.00630. The SMILES string of the molecule is CC1(CNC2CCC(N)CC2)CCCN(C(=O)OC(C)(C)C)C1. The molecule has 2 aliphatic rings. The molecule has 1 atom stereocenters. The second-order valence-corrected chi connectivity index (χ2v) is 8.81. The fourth-order valence-corrected chi connectivity index (χ4v) is 3.66. The van der Waals surface area contributed by atoms with Crippen LogP contribution in [0.3, 0.4) is 0 Å². The minimum Gasteiger partial charge on any atom is -0.444 e. The molecule has 1 amide bonds. The van der Waals surface area contributed by atoms with Crippen LogP contribution in [0, 0.1) is 5.41 Å². The molecule has 1 saturated heterocycles. The van der Waals surface area contributed by atoms with Gasteiger partial charge in [0.25, 0.3) is 0 Å². The summed E-state index contributed by atoms with van der Waals surface area (Å²) in [5.74, 6) is 0. The van der Waals surface area contributed by atoms with E-state index in [1.165, 1.54) is 12.8 Å². The number of hydrogen-bond acceptors (Lipinski definition) is 4. The van der Waals surface area contributed by atoms with Gasteiger partial charge in [0.05, 0.1) is 0 Å². The normalized spacial score (nSPS) is 32.7. The molecule has 1 heterocycles. The van der Waals surface area contributed by atoms with Gasteiger partial charge in [-0.1, -0.05) is 6.92 Å². The molecule has 0 bridgehead atoms. The van der Waals surface area contributed by atoms with E-state index in [-0.39, 0.29) is 11.5 Å². The number of likely N-dealkylation sites (tertiary alicyclic amines) is 1. The van der Waals surface area contributed by atoms with Gasteiger partial charge < -0.3 is 20.7 Å². The largest absolute Gasteiger partial charge is 0.444 e. The highest BCUT2D eigenvalue weighted by atomic mass is 16.6. The Hall–Kier alpha value is -0.810. The maximum Gasteiger partial charge on any atom is 0.410 e. The molecule has 1 aliphatic heterocycles. The minimum atomic E-state index is -0.427. The monoisotopic (exact) mass is 325 g/mol. The summed E-state index contributed by atoms with van der Waals surface area (Å²) in [5, 5.41) is 3.73. The Bertz CT molecular complexity index is 400. The van der Waals surface area contributed by atoms with E-state index >= 15 is 0 Å². The smallest absolute Gasteiger partial charge is 0.410 e. The number of ether oxygens (including phenoxy) is 1. The van der Waals surface area contributed by atoms with Crippen molar-refractivity contribution in [2.45, 2.75) is 83.9 Å². The highest BCUT2D eigenvalue weighted by Crippen LogP contribution is 2.30. The van der Waals surface area contributed by atoms with Gasteiger partial charge in [-0.25, -0.2) is 4.79 Å². The molecular formula is C18H35N3O2. The van der Waals surface area contributed by atoms with Gasteiger partial charge in [-0.05, 0) is 64.7 Å². The van der Waals surface area contributed by atoms with Crippen LogP contribution in [-0.2, 0) is 4.74 Å². The van der Waals surface area contributed by atoms with Crippen molar-refractivity contribution in [2.75, 3.05) is 19.6 Å². The number of carbonyl (C=O) groups excluding carboxylic acids is 1. The van der Waals surface area contributed by atoms with Crippen molar-refractivity contribution in [2.24, 2.45) is 11.1 Å². The molecule has 0 spiro atoms. The van der Waals surface area contributed by atoms with Crippen molar-refractivity contribution in [1.82, 2.24) is 10.2 Å². The summed E-state index contributed by atoms with van der Waals surface area (Å²) in [5.41, 5.74) is 5.69. The highest BCUT2D eigenvalue weighted by Gasteiger charge is 2.35. The molecule has 0 aromatic rings. The van der Waals surface area contributed by atoms with Gasteiger partial charge >= 0.3 is 6.09 Å².